The summed E-state index contributed by atoms with van der Waals surface area (Å²) >= 11 is 1.56. The maximum atomic E-state index is 12.3. The molecule has 1 aliphatic carbocycles. The SMILES string of the molecule is COc1ccc(SC(C)C(=O)NC2CCCC2CN)cc1. The van der Waals surface area contributed by atoms with E-state index in [1.807, 2.05) is 31.2 Å². The molecule has 1 aliphatic rings. The summed E-state index contributed by atoms with van der Waals surface area (Å²) in [6.07, 6.45) is 3.34. The molecule has 0 saturated heterocycles. The third kappa shape index (κ3) is 4.38. The summed E-state index contributed by atoms with van der Waals surface area (Å²) < 4.78 is 5.13. The minimum Gasteiger partial charge on any atom is -0.497 e. The van der Waals surface area contributed by atoms with Gasteiger partial charge in [0, 0.05) is 10.9 Å². The summed E-state index contributed by atoms with van der Waals surface area (Å²) in [7, 11) is 1.65. The lowest BCUT2D eigenvalue weighted by Gasteiger charge is -2.21. The van der Waals surface area contributed by atoms with Crippen LogP contribution in [0.4, 0.5) is 0 Å². The van der Waals surface area contributed by atoms with Crippen molar-refractivity contribution in [3.05, 3.63) is 24.3 Å². The Morgan fingerprint density at radius 1 is 1.43 bits per heavy atom. The van der Waals surface area contributed by atoms with Gasteiger partial charge in [0.15, 0.2) is 0 Å². The van der Waals surface area contributed by atoms with Crippen LogP contribution in [0.15, 0.2) is 29.2 Å². The van der Waals surface area contributed by atoms with Gasteiger partial charge in [0.1, 0.15) is 5.75 Å². The summed E-state index contributed by atoms with van der Waals surface area (Å²) in [5, 5.41) is 3.04. The van der Waals surface area contributed by atoms with Crippen LogP contribution in [0.3, 0.4) is 0 Å². The fourth-order valence-corrected chi connectivity index (χ4v) is 3.60. The molecule has 2 rings (SSSR count). The third-order valence-electron chi connectivity index (χ3n) is 4.03. The molecule has 4 nitrogen and oxygen atoms in total. The van der Waals surface area contributed by atoms with Gasteiger partial charge in [-0.25, -0.2) is 0 Å². The van der Waals surface area contributed by atoms with Gasteiger partial charge in [0.25, 0.3) is 0 Å². The molecule has 3 unspecified atom stereocenters. The Hall–Kier alpha value is -1.20. The number of amides is 1. The first kappa shape index (κ1) is 16.2. The van der Waals surface area contributed by atoms with Gasteiger partial charge in [-0.1, -0.05) is 6.42 Å². The molecule has 1 aromatic carbocycles. The van der Waals surface area contributed by atoms with Crippen molar-refractivity contribution in [2.45, 2.75) is 42.4 Å². The summed E-state index contributed by atoms with van der Waals surface area (Å²) in [4.78, 5) is 13.4. The summed E-state index contributed by atoms with van der Waals surface area (Å²) in [6.45, 7) is 2.60. The molecule has 0 spiro atoms. The summed E-state index contributed by atoms with van der Waals surface area (Å²) in [5.74, 6) is 1.36. The molecule has 1 saturated carbocycles. The number of hydrogen-bond acceptors (Lipinski definition) is 4. The molecule has 1 amide bonds. The Labute approximate surface area is 130 Å². The number of benzene rings is 1. The van der Waals surface area contributed by atoms with Gasteiger partial charge in [0.05, 0.1) is 12.4 Å². The molecule has 0 aliphatic heterocycles. The number of hydrogen-bond donors (Lipinski definition) is 2. The lowest BCUT2D eigenvalue weighted by atomic mass is 10.0. The molecule has 0 heterocycles. The molecular weight excluding hydrogens is 284 g/mol. The Morgan fingerprint density at radius 2 is 2.14 bits per heavy atom. The normalized spacial score (nSPS) is 22.8. The van der Waals surface area contributed by atoms with E-state index in [9.17, 15) is 4.79 Å². The van der Waals surface area contributed by atoms with E-state index in [2.05, 4.69) is 5.32 Å². The monoisotopic (exact) mass is 308 g/mol. The first-order valence-electron chi connectivity index (χ1n) is 7.45. The zero-order chi connectivity index (χ0) is 15.2. The standard InChI is InChI=1S/C16H24N2O2S/c1-11(21-14-8-6-13(20-2)7-9-14)16(19)18-15-5-3-4-12(15)10-17/h6-9,11-12,15H,3-5,10,17H2,1-2H3,(H,18,19). The number of ether oxygens (including phenoxy) is 1. The van der Waals surface area contributed by atoms with Crippen molar-refractivity contribution in [1.29, 1.82) is 0 Å². The average molecular weight is 308 g/mol. The fourth-order valence-electron chi connectivity index (χ4n) is 2.72. The smallest absolute Gasteiger partial charge is 0.233 e. The van der Waals surface area contributed by atoms with Crippen LogP contribution in [0, 0.1) is 5.92 Å². The van der Waals surface area contributed by atoms with Crippen molar-refractivity contribution in [3.63, 3.8) is 0 Å². The highest BCUT2D eigenvalue weighted by molar-refractivity contribution is 8.00. The topological polar surface area (TPSA) is 64.3 Å². The lowest BCUT2D eigenvalue weighted by Crippen LogP contribution is -2.43. The van der Waals surface area contributed by atoms with Gasteiger partial charge >= 0.3 is 0 Å². The Morgan fingerprint density at radius 3 is 2.76 bits per heavy atom. The van der Waals surface area contributed by atoms with Gasteiger partial charge in [-0.15, -0.1) is 11.8 Å². The van der Waals surface area contributed by atoms with E-state index in [1.54, 1.807) is 18.9 Å². The van der Waals surface area contributed by atoms with Crippen molar-refractivity contribution in [2.24, 2.45) is 11.7 Å². The van der Waals surface area contributed by atoms with Gasteiger partial charge in [-0.05, 0) is 56.5 Å². The van der Waals surface area contributed by atoms with E-state index in [4.69, 9.17) is 10.5 Å². The lowest BCUT2D eigenvalue weighted by molar-refractivity contribution is -0.121. The predicted molar refractivity (Wildman–Crippen MR) is 86.6 cm³/mol. The fraction of sp³-hybridized carbons (Fsp3) is 0.562. The zero-order valence-electron chi connectivity index (χ0n) is 12.7. The van der Waals surface area contributed by atoms with Crippen LogP contribution in [0.2, 0.25) is 0 Å². The summed E-state index contributed by atoms with van der Waals surface area (Å²) in [6, 6.07) is 8.03. The van der Waals surface area contributed by atoms with Crippen molar-refractivity contribution < 1.29 is 9.53 Å². The largest absolute Gasteiger partial charge is 0.497 e. The summed E-state index contributed by atoms with van der Waals surface area (Å²) in [5.41, 5.74) is 5.76. The zero-order valence-corrected chi connectivity index (χ0v) is 13.5. The second-order valence-electron chi connectivity index (χ2n) is 5.48. The first-order valence-corrected chi connectivity index (χ1v) is 8.33. The van der Waals surface area contributed by atoms with Crippen LogP contribution in [-0.4, -0.2) is 30.9 Å². The minimum atomic E-state index is -0.114. The van der Waals surface area contributed by atoms with Crippen LogP contribution in [0.25, 0.3) is 0 Å². The van der Waals surface area contributed by atoms with Gasteiger partial charge in [-0.2, -0.15) is 0 Å². The van der Waals surface area contributed by atoms with Crippen molar-refractivity contribution in [3.8, 4) is 5.75 Å². The van der Waals surface area contributed by atoms with E-state index in [0.29, 0.717) is 12.5 Å². The molecule has 3 atom stereocenters. The number of nitrogens with one attached hydrogen (secondary N) is 1. The number of methoxy groups -OCH3 is 1. The van der Waals surface area contributed by atoms with E-state index in [1.165, 1.54) is 0 Å². The van der Waals surface area contributed by atoms with Gasteiger partial charge < -0.3 is 15.8 Å². The van der Waals surface area contributed by atoms with E-state index in [0.717, 1.165) is 29.9 Å². The third-order valence-corrected chi connectivity index (χ3v) is 5.14. The highest BCUT2D eigenvalue weighted by Gasteiger charge is 2.28. The molecule has 5 heteroatoms. The molecular formula is C16H24N2O2S. The van der Waals surface area contributed by atoms with Crippen LogP contribution in [0.1, 0.15) is 26.2 Å². The van der Waals surface area contributed by atoms with Crippen LogP contribution in [0.5, 0.6) is 5.75 Å². The number of carbonyl (C=O) groups is 1. The molecule has 0 aromatic heterocycles. The second kappa shape index (κ2) is 7.71. The molecule has 1 aromatic rings. The molecule has 3 N–H and O–H groups in total. The van der Waals surface area contributed by atoms with E-state index >= 15 is 0 Å². The van der Waals surface area contributed by atoms with Crippen molar-refractivity contribution in [2.75, 3.05) is 13.7 Å². The van der Waals surface area contributed by atoms with Crippen LogP contribution >= 0.6 is 11.8 Å². The molecule has 21 heavy (non-hydrogen) atoms. The Bertz CT molecular complexity index is 464. The molecule has 0 radical (unpaired) electrons. The van der Waals surface area contributed by atoms with E-state index < -0.39 is 0 Å². The van der Waals surface area contributed by atoms with Crippen LogP contribution in [-0.2, 0) is 4.79 Å². The van der Waals surface area contributed by atoms with Gasteiger partial charge in [-0.3, -0.25) is 4.79 Å². The number of thioether (sulfide) groups is 1. The molecule has 116 valence electrons. The van der Waals surface area contributed by atoms with Crippen molar-refractivity contribution >= 4 is 17.7 Å². The number of nitrogens with two attached hydrogens (primary N) is 1. The van der Waals surface area contributed by atoms with Gasteiger partial charge in [0.2, 0.25) is 5.91 Å². The first-order chi connectivity index (χ1) is 10.1. The number of rotatable bonds is 6. The maximum absolute atomic E-state index is 12.3. The molecule has 1 fully saturated rings. The average Bonchev–Trinajstić information content (AvgIpc) is 2.95. The minimum absolute atomic E-state index is 0.0983. The highest BCUT2D eigenvalue weighted by Crippen LogP contribution is 2.28. The highest BCUT2D eigenvalue weighted by atomic mass is 32.2. The Balaban J connectivity index is 1.86. The Kier molecular flexibility index (Phi) is 5.94. The predicted octanol–water partition coefficient (Wildman–Crippen LogP) is 2.42. The quantitative estimate of drug-likeness (QED) is 0.792. The van der Waals surface area contributed by atoms with Crippen LogP contribution < -0.4 is 15.8 Å². The molecule has 0 bridgehead atoms. The van der Waals surface area contributed by atoms with Crippen molar-refractivity contribution in [1.82, 2.24) is 5.32 Å². The number of carbonyl (C=O) groups excluding carboxylic acids is 1. The maximum Gasteiger partial charge on any atom is 0.233 e. The second-order valence-corrected chi connectivity index (χ2v) is 6.89. The van der Waals surface area contributed by atoms with E-state index in [-0.39, 0.29) is 17.2 Å².